The third-order valence-corrected chi connectivity index (χ3v) is 11.4. The number of benzene rings is 1. The molecule has 0 spiro atoms. The van der Waals surface area contributed by atoms with Crippen molar-refractivity contribution in [2.24, 2.45) is 28.9 Å². The topological polar surface area (TPSA) is 155 Å². The molecule has 1 aromatic carbocycles. The molecule has 3 aliphatic carbocycles. The Morgan fingerprint density at radius 1 is 1.04 bits per heavy atom. The third-order valence-electron chi connectivity index (χ3n) is 11.0. The summed E-state index contributed by atoms with van der Waals surface area (Å²) >= 11 is 6.90. The molecule has 0 bridgehead atoms. The molecule has 3 heterocycles. The number of carbonyl (C=O) groups is 3. The van der Waals surface area contributed by atoms with E-state index in [0.29, 0.717) is 70.9 Å². The van der Waals surface area contributed by atoms with E-state index < -0.39 is 41.5 Å². The molecule has 13 nitrogen and oxygen atoms in total. The Hall–Kier alpha value is -3.55. The van der Waals surface area contributed by atoms with Crippen LogP contribution in [-0.4, -0.2) is 109 Å². The number of nitrogens with zero attached hydrogens (tertiary/aromatic N) is 3. The molecule has 7 rings (SSSR count). The van der Waals surface area contributed by atoms with E-state index in [0.717, 1.165) is 45.3 Å². The molecule has 2 aromatic rings. The predicted molar refractivity (Wildman–Crippen MR) is 189 cm³/mol. The summed E-state index contributed by atoms with van der Waals surface area (Å²) < 4.78 is 29.9. The van der Waals surface area contributed by atoms with Gasteiger partial charge in [-0.3, -0.25) is 14.5 Å². The van der Waals surface area contributed by atoms with Crippen LogP contribution in [0.5, 0.6) is 17.4 Å². The van der Waals surface area contributed by atoms with E-state index in [9.17, 15) is 14.4 Å². The molecule has 1 aromatic heterocycles. The summed E-state index contributed by atoms with van der Waals surface area (Å²) in [5.74, 6) is 2.18. The standard InChI is InChI=1S/C37H50ClN5O8/c1-20-25-15-22(16-26(20)25)51-36(46)41-33(37(2,3)4)35(45)43-19-23(17-27(43)34(39)44)49-29-18-30(50-21-5-6-21)40-32-24(29)7-8-28(31(32)38)48-14-11-42-9-12-47-13-10-42/h7-8,18,20-23,25-27,33H,5-6,9-17,19H2,1-4H3,(H2,39,44)(H,41,46)/t20?,22?,23?,25-,26+,27-,33+/m0/s1. The third kappa shape index (κ3) is 8.10. The zero-order chi connectivity index (χ0) is 36.0. The smallest absolute Gasteiger partial charge is 0.408 e. The Labute approximate surface area is 303 Å². The van der Waals surface area contributed by atoms with E-state index in [4.69, 9.17) is 46.0 Å². The molecule has 0 radical (unpaired) electrons. The van der Waals surface area contributed by atoms with Crippen molar-refractivity contribution in [1.29, 1.82) is 0 Å². The van der Waals surface area contributed by atoms with Gasteiger partial charge in [0.25, 0.3) is 0 Å². The zero-order valence-corrected chi connectivity index (χ0v) is 30.7. The molecule has 14 heteroatoms. The summed E-state index contributed by atoms with van der Waals surface area (Å²) in [5, 5.41) is 3.80. The van der Waals surface area contributed by atoms with Crippen LogP contribution < -0.4 is 25.3 Å². The summed E-state index contributed by atoms with van der Waals surface area (Å²) in [5.41, 5.74) is 5.64. The Bertz CT molecular complexity index is 1630. The number of nitrogens with one attached hydrogen (secondary N) is 1. The van der Waals surface area contributed by atoms with Crippen molar-refractivity contribution in [3.63, 3.8) is 0 Å². The number of pyridine rings is 1. The second kappa shape index (κ2) is 14.5. The van der Waals surface area contributed by atoms with E-state index in [1.165, 1.54) is 4.90 Å². The minimum Gasteiger partial charge on any atom is -0.491 e. The van der Waals surface area contributed by atoms with Crippen LogP contribution in [0.2, 0.25) is 5.02 Å². The number of carbonyl (C=O) groups excluding carboxylic acids is 3. The van der Waals surface area contributed by atoms with Crippen molar-refractivity contribution in [2.75, 3.05) is 46.0 Å². The molecule has 278 valence electrons. The number of fused-ring (bicyclic) bond motifs is 2. The van der Waals surface area contributed by atoms with Gasteiger partial charge in [0.2, 0.25) is 17.7 Å². The highest BCUT2D eigenvalue weighted by molar-refractivity contribution is 6.36. The molecule has 2 saturated heterocycles. The first kappa shape index (κ1) is 35.8. The highest BCUT2D eigenvalue weighted by Crippen LogP contribution is 2.57. The van der Waals surface area contributed by atoms with Gasteiger partial charge >= 0.3 is 6.09 Å². The Kier molecular flexibility index (Phi) is 10.2. The maximum absolute atomic E-state index is 14.2. The SMILES string of the molecule is CC1[C@H]2CC(OC(=O)N[C@H](C(=O)N3CC(Oc4cc(OC5CC5)nc5c(Cl)c(OCCN6CCOCC6)ccc45)C[C@H]3C(N)=O)C(C)(C)C)C[C@@H]12. The summed E-state index contributed by atoms with van der Waals surface area (Å²) in [6.07, 6.45) is 2.46. The first-order chi connectivity index (χ1) is 24.4. The molecule has 5 fully saturated rings. The summed E-state index contributed by atoms with van der Waals surface area (Å²) in [6, 6.07) is 3.48. The van der Waals surface area contributed by atoms with Gasteiger partial charge in [0.1, 0.15) is 59.0 Å². The van der Waals surface area contributed by atoms with Crippen LogP contribution in [0, 0.1) is 23.2 Å². The van der Waals surface area contributed by atoms with Crippen molar-refractivity contribution in [1.82, 2.24) is 20.1 Å². The van der Waals surface area contributed by atoms with Crippen molar-refractivity contribution < 1.29 is 38.1 Å². The largest absolute Gasteiger partial charge is 0.491 e. The Morgan fingerprint density at radius 3 is 2.43 bits per heavy atom. The predicted octanol–water partition coefficient (Wildman–Crippen LogP) is 4.16. The van der Waals surface area contributed by atoms with Crippen molar-refractivity contribution in [3.8, 4) is 17.4 Å². The van der Waals surface area contributed by atoms with E-state index in [-0.39, 0.29) is 25.2 Å². The molecule has 3 N–H and O–H groups in total. The number of nitrogens with two attached hydrogens (primary N) is 1. The fourth-order valence-corrected chi connectivity index (χ4v) is 8.09. The average molecular weight is 728 g/mol. The lowest BCUT2D eigenvalue weighted by Gasteiger charge is -2.35. The van der Waals surface area contributed by atoms with Gasteiger partial charge < -0.3 is 39.6 Å². The highest BCUT2D eigenvalue weighted by atomic mass is 35.5. The lowest BCUT2D eigenvalue weighted by molar-refractivity contribution is -0.141. The number of halogens is 1. The number of rotatable bonds is 12. The van der Waals surface area contributed by atoms with Crippen LogP contribution in [-0.2, 0) is 19.1 Å². The molecule has 3 amide bonds. The minimum absolute atomic E-state index is 0.0739. The summed E-state index contributed by atoms with van der Waals surface area (Å²) in [7, 11) is 0. The minimum atomic E-state index is -0.957. The first-order valence-corrected chi connectivity index (χ1v) is 18.7. The number of hydrogen-bond donors (Lipinski definition) is 2. The maximum Gasteiger partial charge on any atom is 0.408 e. The number of ether oxygens (including phenoxy) is 5. The fraction of sp³-hybridized carbons (Fsp3) is 0.676. The van der Waals surface area contributed by atoms with E-state index in [2.05, 4.69) is 17.1 Å². The number of likely N-dealkylation sites (tertiary alicyclic amines) is 1. The maximum atomic E-state index is 14.2. The zero-order valence-electron chi connectivity index (χ0n) is 29.9. The number of alkyl carbamates (subject to hydrolysis) is 1. The lowest BCUT2D eigenvalue weighted by atomic mass is 9.85. The van der Waals surface area contributed by atoms with Gasteiger partial charge in [0, 0.05) is 37.5 Å². The second-order valence-corrected chi connectivity index (χ2v) is 16.2. The number of primary amides is 1. The van der Waals surface area contributed by atoms with Gasteiger partial charge in [-0.1, -0.05) is 39.3 Å². The van der Waals surface area contributed by atoms with Crippen LogP contribution in [0.4, 0.5) is 4.79 Å². The number of hydrogen-bond acceptors (Lipinski definition) is 10. The quantitative estimate of drug-likeness (QED) is 0.326. The van der Waals surface area contributed by atoms with Crippen LogP contribution in [0.25, 0.3) is 10.9 Å². The van der Waals surface area contributed by atoms with Gasteiger partial charge in [0.15, 0.2) is 0 Å². The number of amides is 3. The van der Waals surface area contributed by atoms with Crippen molar-refractivity contribution in [2.45, 2.75) is 90.2 Å². The van der Waals surface area contributed by atoms with Crippen LogP contribution >= 0.6 is 11.6 Å². The van der Waals surface area contributed by atoms with Gasteiger partial charge in [-0.2, -0.15) is 0 Å². The molecule has 3 unspecified atom stereocenters. The lowest BCUT2D eigenvalue weighted by Crippen LogP contribution is -2.57. The van der Waals surface area contributed by atoms with Crippen LogP contribution in [0.1, 0.15) is 59.8 Å². The van der Waals surface area contributed by atoms with E-state index in [1.807, 2.05) is 26.8 Å². The van der Waals surface area contributed by atoms with Gasteiger partial charge in [-0.05, 0) is 61.0 Å². The number of morpholine rings is 1. The Balaban J connectivity index is 1.07. The molecule has 5 aliphatic rings. The van der Waals surface area contributed by atoms with Crippen molar-refractivity contribution in [3.05, 3.63) is 23.2 Å². The molecule has 2 aliphatic heterocycles. The van der Waals surface area contributed by atoms with Gasteiger partial charge in [-0.15, -0.1) is 0 Å². The fourth-order valence-electron chi connectivity index (χ4n) is 7.83. The molecular formula is C37H50ClN5O8. The van der Waals surface area contributed by atoms with Gasteiger partial charge in [-0.25, -0.2) is 9.78 Å². The van der Waals surface area contributed by atoms with Crippen molar-refractivity contribution >= 4 is 40.4 Å². The number of aromatic nitrogens is 1. The monoisotopic (exact) mass is 727 g/mol. The Morgan fingerprint density at radius 2 is 1.76 bits per heavy atom. The van der Waals surface area contributed by atoms with Crippen LogP contribution in [0.15, 0.2) is 18.2 Å². The van der Waals surface area contributed by atoms with Gasteiger partial charge in [0.05, 0.1) is 19.8 Å². The molecule has 51 heavy (non-hydrogen) atoms. The summed E-state index contributed by atoms with van der Waals surface area (Å²) in [4.78, 5) is 48.4. The van der Waals surface area contributed by atoms with E-state index >= 15 is 0 Å². The normalized spacial score (nSPS) is 28.2. The highest BCUT2D eigenvalue weighted by Gasteiger charge is 2.54. The molecule has 7 atom stereocenters. The van der Waals surface area contributed by atoms with Crippen LogP contribution in [0.3, 0.4) is 0 Å². The average Bonchev–Trinajstić information content (AvgIpc) is 3.88. The molecule has 3 saturated carbocycles. The second-order valence-electron chi connectivity index (χ2n) is 15.9. The van der Waals surface area contributed by atoms with E-state index in [1.54, 1.807) is 12.1 Å². The first-order valence-electron chi connectivity index (χ1n) is 18.3. The molecular weight excluding hydrogens is 678 g/mol. The summed E-state index contributed by atoms with van der Waals surface area (Å²) in [6.45, 7) is 12.2.